The summed E-state index contributed by atoms with van der Waals surface area (Å²) >= 11 is 18.0. The van der Waals surface area contributed by atoms with Crippen molar-refractivity contribution in [1.82, 2.24) is 5.43 Å². The number of carbonyl (C=O) groups excluding carboxylic acids is 1. The van der Waals surface area contributed by atoms with E-state index in [1.165, 1.54) is 38.6 Å². The van der Waals surface area contributed by atoms with Crippen LogP contribution in [-0.2, 0) is 0 Å². The van der Waals surface area contributed by atoms with Gasteiger partial charge in [-0.15, -0.1) is 0 Å². The van der Waals surface area contributed by atoms with Gasteiger partial charge < -0.3 is 19.3 Å². The summed E-state index contributed by atoms with van der Waals surface area (Å²) in [6.07, 6.45) is 1.42. The van der Waals surface area contributed by atoms with E-state index in [0.29, 0.717) is 38.4 Å². The van der Waals surface area contributed by atoms with E-state index in [4.69, 9.17) is 49.0 Å². The van der Waals surface area contributed by atoms with Crippen LogP contribution in [0.1, 0.15) is 21.5 Å². The molecule has 180 valence electrons. The Kier molecular flexibility index (Phi) is 9.10. The van der Waals surface area contributed by atoms with E-state index in [1.807, 2.05) is 0 Å². The Morgan fingerprint density at radius 3 is 2.43 bits per heavy atom. The highest BCUT2D eigenvalue weighted by atomic mass is 35.5. The second-order valence-corrected chi connectivity index (χ2v) is 8.03. The maximum atomic E-state index is 12.3. The maximum Gasteiger partial charge on any atom is 0.271 e. The monoisotopic (exact) mass is 532 g/mol. The number of rotatable bonds is 7. The molecular weight excluding hydrogens is 515 g/mol. The number of methoxy groups -OCH3 is 2. The van der Waals surface area contributed by atoms with Crippen molar-refractivity contribution < 1.29 is 24.1 Å². The number of phenolic OH excluding ortho intramolecular Hbond substituents is 1. The highest BCUT2D eigenvalue weighted by molar-refractivity contribution is 6.37. The Balaban J connectivity index is 1.77. The van der Waals surface area contributed by atoms with Crippen molar-refractivity contribution in [1.29, 1.82) is 0 Å². The molecule has 35 heavy (non-hydrogen) atoms. The van der Waals surface area contributed by atoms with Crippen LogP contribution in [0.15, 0.2) is 53.6 Å². The van der Waals surface area contributed by atoms with Gasteiger partial charge in [0.25, 0.3) is 5.91 Å². The van der Waals surface area contributed by atoms with Crippen LogP contribution in [-0.4, -0.2) is 38.1 Å². The summed E-state index contributed by atoms with van der Waals surface area (Å²) in [7, 11) is 2.99. The summed E-state index contributed by atoms with van der Waals surface area (Å²) in [6, 6.07) is 12.5. The molecule has 0 aliphatic heterocycles. The molecule has 0 aliphatic rings. The normalized spacial score (nSPS) is 10.4. The fraction of sp³-hybridized carbons (Fsp3) is 0.120. The van der Waals surface area contributed by atoms with Gasteiger partial charge in [0.15, 0.2) is 17.2 Å². The van der Waals surface area contributed by atoms with Gasteiger partial charge in [-0.1, -0.05) is 52.7 Å². The average molecular weight is 534 g/mol. The zero-order chi connectivity index (χ0) is 25.4. The summed E-state index contributed by atoms with van der Waals surface area (Å²) in [6.45, 7) is 0.0263. The van der Waals surface area contributed by atoms with Crippen molar-refractivity contribution in [2.75, 3.05) is 20.8 Å². The number of nitrogens with zero attached hydrogens (tertiary/aromatic N) is 1. The Morgan fingerprint density at radius 2 is 1.77 bits per heavy atom. The fourth-order valence-corrected chi connectivity index (χ4v) is 3.58. The van der Waals surface area contributed by atoms with Crippen LogP contribution in [0, 0.1) is 11.8 Å². The lowest BCUT2D eigenvalue weighted by Crippen LogP contribution is -2.17. The lowest BCUT2D eigenvalue weighted by molar-refractivity contribution is 0.0955. The van der Waals surface area contributed by atoms with Crippen molar-refractivity contribution in [3.63, 3.8) is 0 Å². The van der Waals surface area contributed by atoms with Crippen LogP contribution < -0.4 is 19.6 Å². The SMILES string of the molecule is COc1cc(/C=N/NC(=O)c2ccc(O)c(Cl)c2)cc(C#CCOc2c(Cl)cccc2Cl)c1OC. The number of para-hydroxylation sites is 1. The molecule has 0 atom stereocenters. The van der Waals surface area contributed by atoms with E-state index in [0.717, 1.165) is 0 Å². The molecule has 3 aromatic rings. The van der Waals surface area contributed by atoms with Gasteiger partial charge in [0.2, 0.25) is 0 Å². The zero-order valence-corrected chi connectivity index (χ0v) is 20.8. The highest BCUT2D eigenvalue weighted by Gasteiger charge is 2.12. The van der Waals surface area contributed by atoms with Crippen LogP contribution in [0.5, 0.6) is 23.0 Å². The Labute approximate surface area is 217 Å². The van der Waals surface area contributed by atoms with E-state index in [9.17, 15) is 9.90 Å². The molecule has 0 saturated heterocycles. The van der Waals surface area contributed by atoms with E-state index in [2.05, 4.69) is 22.4 Å². The standard InChI is InChI=1S/C25H19Cl3N2O5/c1-33-22-12-15(14-29-30-25(32)17-8-9-21(31)20(28)13-17)11-16(23(22)34-2)5-4-10-35-24-18(26)6-3-7-19(24)27/h3,6-9,11-14,31H,10H2,1-2H3,(H,30,32)/b29-14+. The summed E-state index contributed by atoms with van der Waals surface area (Å²) < 4.78 is 16.4. The van der Waals surface area contributed by atoms with E-state index in [-0.39, 0.29) is 22.9 Å². The second kappa shape index (κ2) is 12.2. The van der Waals surface area contributed by atoms with Gasteiger partial charge in [-0.25, -0.2) is 5.43 Å². The van der Waals surface area contributed by atoms with E-state index in [1.54, 1.807) is 30.3 Å². The molecule has 3 rings (SSSR count). The number of amides is 1. The molecule has 3 aromatic carbocycles. The summed E-state index contributed by atoms with van der Waals surface area (Å²) in [5, 5.41) is 14.3. The number of carbonyl (C=O) groups is 1. The third-order valence-electron chi connectivity index (χ3n) is 4.52. The molecule has 0 radical (unpaired) electrons. The number of aromatic hydroxyl groups is 1. The molecule has 0 aliphatic carbocycles. The van der Waals surface area contributed by atoms with Gasteiger partial charge in [0.05, 0.1) is 41.1 Å². The molecule has 0 aromatic heterocycles. The molecule has 1 amide bonds. The molecule has 0 spiro atoms. The van der Waals surface area contributed by atoms with Crippen molar-refractivity contribution in [3.8, 4) is 34.8 Å². The first-order valence-electron chi connectivity index (χ1n) is 9.97. The topological polar surface area (TPSA) is 89.4 Å². The number of hydrogen-bond donors (Lipinski definition) is 2. The molecule has 0 unspecified atom stereocenters. The van der Waals surface area contributed by atoms with Crippen molar-refractivity contribution in [2.45, 2.75) is 0 Å². The number of nitrogens with one attached hydrogen (secondary N) is 1. The van der Waals surface area contributed by atoms with Crippen molar-refractivity contribution in [3.05, 3.63) is 80.3 Å². The van der Waals surface area contributed by atoms with E-state index >= 15 is 0 Å². The minimum atomic E-state index is -0.501. The van der Waals surface area contributed by atoms with Crippen LogP contribution in [0.4, 0.5) is 0 Å². The maximum absolute atomic E-state index is 12.3. The largest absolute Gasteiger partial charge is 0.506 e. The minimum absolute atomic E-state index is 0.0263. The molecule has 7 nitrogen and oxygen atoms in total. The van der Waals surface area contributed by atoms with Crippen molar-refractivity contribution in [2.24, 2.45) is 5.10 Å². The molecule has 10 heteroatoms. The van der Waals surface area contributed by atoms with Crippen LogP contribution in [0.25, 0.3) is 0 Å². The van der Waals surface area contributed by atoms with Crippen LogP contribution in [0.2, 0.25) is 15.1 Å². The Bertz CT molecular complexity index is 1310. The fourth-order valence-electron chi connectivity index (χ4n) is 2.89. The number of ether oxygens (including phenoxy) is 3. The lowest BCUT2D eigenvalue weighted by Gasteiger charge is -2.11. The van der Waals surface area contributed by atoms with Gasteiger partial charge in [-0.2, -0.15) is 5.10 Å². The predicted molar refractivity (Wildman–Crippen MR) is 137 cm³/mol. The summed E-state index contributed by atoms with van der Waals surface area (Å²) in [5.41, 5.74) is 3.74. The second-order valence-electron chi connectivity index (χ2n) is 6.81. The number of hydrogen-bond acceptors (Lipinski definition) is 6. The Morgan fingerprint density at radius 1 is 1.03 bits per heavy atom. The highest BCUT2D eigenvalue weighted by Crippen LogP contribution is 2.33. The number of hydrazone groups is 1. The molecule has 0 fully saturated rings. The predicted octanol–water partition coefficient (Wildman–Crippen LogP) is 5.56. The lowest BCUT2D eigenvalue weighted by atomic mass is 10.1. The first-order valence-corrected chi connectivity index (χ1v) is 11.1. The third-order valence-corrected chi connectivity index (χ3v) is 5.42. The zero-order valence-electron chi connectivity index (χ0n) is 18.6. The average Bonchev–Trinajstić information content (AvgIpc) is 2.84. The summed E-state index contributed by atoms with van der Waals surface area (Å²) in [4.78, 5) is 12.3. The number of phenols is 1. The Hall–Kier alpha value is -3.57. The molecule has 0 heterocycles. The molecule has 0 bridgehead atoms. The van der Waals surface area contributed by atoms with Gasteiger partial charge in [-0.05, 0) is 48.0 Å². The summed E-state index contributed by atoms with van der Waals surface area (Å²) in [5.74, 6) is 6.44. The van der Waals surface area contributed by atoms with Gasteiger partial charge >= 0.3 is 0 Å². The first kappa shape index (κ1) is 26.0. The quantitative estimate of drug-likeness (QED) is 0.236. The molecular formula is C25H19Cl3N2O5. The third kappa shape index (κ3) is 6.74. The molecule has 2 N–H and O–H groups in total. The van der Waals surface area contributed by atoms with E-state index < -0.39 is 5.91 Å². The van der Waals surface area contributed by atoms with Gasteiger partial charge in [0.1, 0.15) is 12.4 Å². The van der Waals surface area contributed by atoms with Crippen molar-refractivity contribution >= 4 is 46.9 Å². The minimum Gasteiger partial charge on any atom is -0.506 e. The number of halogens is 3. The van der Waals surface area contributed by atoms with Gasteiger partial charge in [-0.3, -0.25) is 4.79 Å². The first-order chi connectivity index (χ1) is 16.8. The molecule has 0 saturated carbocycles. The smallest absolute Gasteiger partial charge is 0.271 e. The van der Waals surface area contributed by atoms with Crippen LogP contribution in [0.3, 0.4) is 0 Å². The number of benzene rings is 3. The van der Waals surface area contributed by atoms with Gasteiger partial charge in [0, 0.05) is 5.56 Å². The van der Waals surface area contributed by atoms with Crippen LogP contribution >= 0.6 is 34.8 Å².